The van der Waals surface area contributed by atoms with Crippen LogP contribution in [0.2, 0.25) is 0 Å². The van der Waals surface area contributed by atoms with E-state index in [9.17, 15) is 5.11 Å². The van der Waals surface area contributed by atoms with Gasteiger partial charge in [0.2, 0.25) is 5.95 Å². The molecule has 2 rings (SSSR count). The number of anilines is 1. The maximum atomic E-state index is 9.54. The molecule has 0 radical (unpaired) electrons. The molecule has 1 saturated carbocycles. The zero-order valence-electron chi connectivity index (χ0n) is 7.51. The largest absolute Gasteiger partial charge is 0.391 e. The molecule has 72 valence electrons. The molecule has 13 heavy (non-hydrogen) atoms. The fourth-order valence-electron chi connectivity index (χ4n) is 1.63. The van der Waals surface area contributed by atoms with Gasteiger partial charge in [0.15, 0.2) is 0 Å². The molecule has 2 unspecified atom stereocenters. The van der Waals surface area contributed by atoms with Crippen molar-refractivity contribution in [2.45, 2.75) is 31.4 Å². The van der Waals surface area contributed by atoms with Gasteiger partial charge in [-0.3, -0.25) is 0 Å². The van der Waals surface area contributed by atoms with Crippen LogP contribution >= 0.6 is 0 Å². The number of aryl methyl sites for hydroxylation is 1. The van der Waals surface area contributed by atoms with Crippen LogP contribution in [0.5, 0.6) is 0 Å². The zero-order chi connectivity index (χ0) is 9.26. The van der Waals surface area contributed by atoms with E-state index in [-0.39, 0.29) is 12.1 Å². The summed E-state index contributed by atoms with van der Waals surface area (Å²) in [5.74, 6) is 0.617. The van der Waals surface area contributed by atoms with E-state index in [2.05, 4.69) is 20.8 Å². The van der Waals surface area contributed by atoms with Gasteiger partial charge in [-0.05, 0) is 29.7 Å². The molecule has 0 aliphatic heterocycles. The minimum Gasteiger partial charge on any atom is -0.391 e. The van der Waals surface area contributed by atoms with Crippen LogP contribution < -0.4 is 5.32 Å². The topological polar surface area (TPSA) is 75.9 Å². The van der Waals surface area contributed by atoms with Crippen LogP contribution in [0.4, 0.5) is 5.95 Å². The van der Waals surface area contributed by atoms with Crippen LogP contribution in [0, 0.1) is 0 Å². The molecular formula is C7H13N5O. The van der Waals surface area contributed by atoms with Gasteiger partial charge in [-0.1, -0.05) is 5.10 Å². The third-order valence-electron chi connectivity index (χ3n) is 2.41. The number of aliphatic hydroxyl groups excluding tert-OH is 1. The molecule has 1 aliphatic rings. The van der Waals surface area contributed by atoms with Gasteiger partial charge in [0.1, 0.15) is 0 Å². The third-order valence-corrected chi connectivity index (χ3v) is 2.41. The molecule has 0 aromatic carbocycles. The number of aliphatic hydroxyl groups is 1. The predicted molar refractivity (Wildman–Crippen MR) is 46.1 cm³/mol. The van der Waals surface area contributed by atoms with Crippen LogP contribution in [0.3, 0.4) is 0 Å². The maximum absolute atomic E-state index is 9.54. The van der Waals surface area contributed by atoms with Gasteiger partial charge in [-0.2, -0.15) is 0 Å². The van der Waals surface area contributed by atoms with Gasteiger partial charge in [-0.25, -0.2) is 4.68 Å². The highest BCUT2D eigenvalue weighted by molar-refractivity contribution is 5.24. The van der Waals surface area contributed by atoms with Crippen molar-refractivity contribution >= 4 is 5.95 Å². The number of hydrogen-bond acceptors (Lipinski definition) is 5. The SMILES string of the molecule is Cn1nnnc1NC1CCCC1O. The van der Waals surface area contributed by atoms with Gasteiger partial charge in [0.05, 0.1) is 12.1 Å². The van der Waals surface area contributed by atoms with E-state index in [1.54, 1.807) is 11.7 Å². The first kappa shape index (κ1) is 8.43. The van der Waals surface area contributed by atoms with E-state index in [1.807, 2.05) is 0 Å². The minimum absolute atomic E-state index is 0.102. The van der Waals surface area contributed by atoms with E-state index >= 15 is 0 Å². The van der Waals surface area contributed by atoms with Gasteiger partial charge in [0.25, 0.3) is 0 Å². The molecule has 6 nitrogen and oxygen atoms in total. The van der Waals surface area contributed by atoms with Gasteiger partial charge < -0.3 is 10.4 Å². The van der Waals surface area contributed by atoms with Crippen molar-refractivity contribution in [3.05, 3.63) is 0 Å². The van der Waals surface area contributed by atoms with E-state index in [4.69, 9.17) is 0 Å². The summed E-state index contributed by atoms with van der Waals surface area (Å²) in [5.41, 5.74) is 0. The van der Waals surface area contributed by atoms with E-state index in [0.29, 0.717) is 5.95 Å². The first-order valence-corrected chi connectivity index (χ1v) is 4.44. The molecule has 1 aliphatic carbocycles. The maximum Gasteiger partial charge on any atom is 0.242 e. The second-order valence-electron chi connectivity index (χ2n) is 3.38. The second-order valence-corrected chi connectivity index (χ2v) is 3.38. The fraction of sp³-hybridized carbons (Fsp3) is 0.857. The predicted octanol–water partition coefficient (Wildman–Crippen LogP) is -0.465. The molecule has 0 saturated heterocycles. The summed E-state index contributed by atoms with van der Waals surface area (Å²) in [5, 5.41) is 23.7. The van der Waals surface area contributed by atoms with Crippen LogP contribution in [-0.2, 0) is 7.05 Å². The number of nitrogens with zero attached hydrogens (tertiary/aromatic N) is 4. The summed E-state index contributed by atoms with van der Waals surface area (Å²) in [6.07, 6.45) is 2.64. The Labute approximate surface area is 75.9 Å². The molecule has 0 bridgehead atoms. The summed E-state index contributed by atoms with van der Waals surface area (Å²) in [7, 11) is 1.77. The van der Waals surface area contributed by atoms with Crippen molar-refractivity contribution in [1.29, 1.82) is 0 Å². The number of nitrogens with one attached hydrogen (secondary N) is 1. The van der Waals surface area contributed by atoms with Crippen LogP contribution in [0.15, 0.2) is 0 Å². The van der Waals surface area contributed by atoms with Gasteiger partial charge >= 0.3 is 0 Å². The molecule has 0 spiro atoms. The monoisotopic (exact) mass is 183 g/mol. The Morgan fingerprint density at radius 2 is 2.38 bits per heavy atom. The van der Waals surface area contributed by atoms with Crippen LogP contribution in [0.1, 0.15) is 19.3 Å². The Balaban J connectivity index is 2.01. The first-order chi connectivity index (χ1) is 6.27. The standard InChI is InChI=1S/C7H13N5O/c1-12-7(9-10-11-12)8-5-3-2-4-6(5)13/h5-6,13H,2-4H2,1H3,(H,8,9,11). The summed E-state index contributed by atoms with van der Waals surface area (Å²) in [6.45, 7) is 0. The Morgan fingerprint density at radius 3 is 2.92 bits per heavy atom. The minimum atomic E-state index is -0.267. The number of rotatable bonds is 2. The molecule has 2 N–H and O–H groups in total. The highest BCUT2D eigenvalue weighted by atomic mass is 16.3. The molecular weight excluding hydrogens is 170 g/mol. The third kappa shape index (κ3) is 1.62. The lowest BCUT2D eigenvalue weighted by molar-refractivity contribution is 0.171. The Kier molecular flexibility index (Phi) is 2.13. The number of aromatic nitrogens is 4. The Morgan fingerprint density at radius 1 is 1.54 bits per heavy atom. The van der Waals surface area contributed by atoms with Crippen molar-refractivity contribution in [2.75, 3.05) is 5.32 Å². The summed E-state index contributed by atoms with van der Waals surface area (Å²) in [4.78, 5) is 0. The van der Waals surface area contributed by atoms with Crippen molar-refractivity contribution in [2.24, 2.45) is 7.05 Å². The zero-order valence-corrected chi connectivity index (χ0v) is 7.51. The smallest absolute Gasteiger partial charge is 0.242 e. The van der Waals surface area contributed by atoms with Crippen LogP contribution in [-0.4, -0.2) is 37.5 Å². The van der Waals surface area contributed by atoms with Crippen molar-refractivity contribution < 1.29 is 5.11 Å². The van der Waals surface area contributed by atoms with Gasteiger partial charge in [0, 0.05) is 7.05 Å². The Bertz CT molecular complexity index is 286. The Hall–Kier alpha value is -1.17. The van der Waals surface area contributed by atoms with E-state index in [1.165, 1.54) is 0 Å². The lowest BCUT2D eigenvalue weighted by Crippen LogP contribution is -2.29. The van der Waals surface area contributed by atoms with Crippen molar-refractivity contribution in [3.8, 4) is 0 Å². The second kappa shape index (κ2) is 3.29. The molecule has 1 fully saturated rings. The molecule has 6 heteroatoms. The van der Waals surface area contributed by atoms with E-state index in [0.717, 1.165) is 19.3 Å². The average molecular weight is 183 g/mol. The molecule has 0 amide bonds. The van der Waals surface area contributed by atoms with Crippen molar-refractivity contribution in [1.82, 2.24) is 20.2 Å². The normalized spacial score (nSPS) is 27.8. The summed E-state index contributed by atoms with van der Waals surface area (Å²) in [6, 6.07) is 0.102. The van der Waals surface area contributed by atoms with Crippen molar-refractivity contribution in [3.63, 3.8) is 0 Å². The fourth-order valence-corrected chi connectivity index (χ4v) is 1.63. The van der Waals surface area contributed by atoms with Gasteiger partial charge in [-0.15, -0.1) is 0 Å². The lowest BCUT2D eigenvalue weighted by atomic mass is 10.2. The summed E-state index contributed by atoms with van der Waals surface area (Å²) < 4.78 is 1.56. The number of tetrazole rings is 1. The molecule has 2 atom stereocenters. The van der Waals surface area contributed by atoms with Crippen LogP contribution in [0.25, 0.3) is 0 Å². The molecule has 1 aromatic rings. The van der Waals surface area contributed by atoms with E-state index < -0.39 is 0 Å². The average Bonchev–Trinajstić information content (AvgIpc) is 2.65. The first-order valence-electron chi connectivity index (χ1n) is 4.44. The highest BCUT2D eigenvalue weighted by Gasteiger charge is 2.25. The number of hydrogen-bond donors (Lipinski definition) is 2. The highest BCUT2D eigenvalue weighted by Crippen LogP contribution is 2.21. The molecule has 1 aromatic heterocycles. The molecule has 1 heterocycles. The summed E-state index contributed by atoms with van der Waals surface area (Å²) >= 11 is 0. The lowest BCUT2D eigenvalue weighted by Gasteiger charge is -2.15. The quantitative estimate of drug-likeness (QED) is 0.648.